The standard InChI is InChI=1S/C17H13Cl2F3N2O2/c1-24(16(26)10-3-2-4-11(18)7-10)9-15(25)23-12-5-6-14(19)13(8-12)17(20,21)22/h2-8H,9H2,1H3,(H,23,25). The van der Waals surface area contributed by atoms with Crippen molar-refractivity contribution < 1.29 is 22.8 Å². The number of carbonyl (C=O) groups excluding carboxylic acids is 2. The third-order valence-corrected chi connectivity index (χ3v) is 3.92. The second-order valence-corrected chi connectivity index (χ2v) is 6.26. The highest BCUT2D eigenvalue weighted by Gasteiger charge is 2.33. The van der Waals surface area contributed by atoms with Crippen LogP contribution in [-0.4, -0.2) is 30.3 Å². The molecular formula is C17H13Cl2F3N2O2. The second-order valence-electron chi connectivity index (χ2n) is 5.41. The highest BCUT2D eigenvalue weighted by Crippen LogP contribution is 2.36. The lowest BCUT2D eigenvalue weighted by atomic mass is 10.2. The minimum atomic E-state index is -4.64. The van der Waals surface area contributed by atoms with E-state index in [2.05, 4.69) is 5.32 Å². The molecule has 0 fully saturated rings. The molecule has 0 saturated carbocycles. The number of hydrogen-bond donors (Lipinski definition) is 1. The molecule has 0 aliphatic rings. The van der Waals surface area contributed by atoms with E-state index in [1.54, 1.807) is 12.1 Å². The summed E-state index contributed by atoms with van der Waals surface area (Å²) in [6.07, 6.45) is -4.64. The molecule has 1 N–H and O–H groups in total. The van der Waals surface area contributed by atoms with Gasteiger partial charge in [-0.15, -0.1) is 0 Å². The van der Waals surface area contributed by atoms with Crippen molar-refractivity contribution in [1.82, 2.24) is 4.90 Å². The van der Waals surface area contributed by atoms with Crippen LogP contribution in [0.15, 0.2) is 42.5 Å². The van der Waals surface area contributed by atoms with Crippen molar-refractivity contribution >= 4 is 40.7 Å². The lowest BCUT2D eigenvalue weighted by Crippen LogP contribution is -2.35. The van der Waals surface area contributed by atoms with Crippen LogP contribution in [0.2, 0.25) is 10.0 Å². The van der Waals surface area contributed by atoms with Crippen molar-refractivity contribution in [3.8, 4) is 0 Å². The molecule has 2 aromatic carbocycles. The first-order valence-corrected chi connectivity index (χ1v) is 8.01. The molecule has 0 heterocycles. The Kier molecular flexibility index (Phi) is 6.15. The first-order valence-electron chi connectivity index (χ1n) is 7.25. The van der Waals surface area contributed by atoms with E-state index in [1.165, 1.54) is 25.2 Å². The predicted molar refractivity (Wildman–Crippen MR) is 93.5 cm³/mol. The molecule has 0 bridgehead atoms. The van der Waals surface area contributed by atoms with E-state index in [4.69, 9.17) is 23.2 Å². The third kappa shape index (κ3) is 5.12. The number of alkyl halides is 3. The Labute approximate surface area is 157 Å². The Morgan fingerprint density at radius 2 is 1.81 bits per heavy atom. The van der Waals surface area contributed by atoms with E-state index in [0.717, 1.165) is 17.0 Å². The zero-order valence-electron chi connectivity index (χ0n) is 13.4. The summed E-state index contributed by atoms with van der Waals surface area (Å²) in [6.45, 7) is -0.352. The molecule has 0 aromatic heterocycles. The SMILES string of the molecule is CN(CC(=O)Nc1ccc(Cl)c(C(F)(F)F)c1)C(=O)c1cccc(Cl)c1. The molecule has 9 heteroatoms. The highest BCUT2D eigenvalue weighted by atomic mass is 35.5. The number of likely N-dealkylation sites (N-methyl/N-ethyl adjacent to an activating group) is 1. The van der Waals surface area contributed by atoms with Gasteiger partial charge in [0, 0.05) is 23.3 Å². The first-order chi connectivity index (χ1) is 12.1. The largest absolute Gasteiger partial charge is 0.417 e. The molecule has 2 rings (SSSR count). The minimum Gasteiger partial charge on any atom is -0.332 e. The Balaban J connectivity index is 2.05. The fourth-order valence-corrected chi connectivity index (χ4v) is 2.56. The topological polar surface area (TPSA) is 49.4 Å². The maximum absolute atomic E-state index is 12.8. The van der Waals surface area contributed by atoms with Crippen molar-refractivity contribution in [1.29, 1.82) is 0 Å². The summed E-state index contributed by atoms with van der Waals surface area (Å²) in [5.74, 6) is -1.10. The van der Waals surface area contributed by atoms with Crippen molar-refractivity contribution in [3.63, 3.8) is 0 Å². The second kappa shape index (κ2) is 7.97. The van der Waals surface area contributed by atoms with E-state index in [1.807, 2.05) is 0 Å². The van der Waals surface area contributed by atoms with E-state index in [-0.39, 0.29) is 12.2 Å². The number of nitrogens with zero attached hydrogens (tertiary/aromatic N) is 1. The molecule has 138 valence electrons. The fraction of sp³-hybridized carbons (Fsp3) is 0.176. The van der Waals surface area contributed by atoms with Crippen LogP contribution in [-0.2, 0) is 11.0 Å². The number of amides is 2. The van der Waals surface area contributed by atoms with Gasteiger partial charge < -0.3 is 10.2 Å². The Morgan fingerprint density at radius 3 is 2.42 bits per heavy atom. The van der Waals surface area contributed by atoms with Crippen LogP contribution in [0.1, 0.15) is 15.9 Å². The molecule has 0 radical (unpaired) electrons. The van der Waals surface area contributed by atoms with Gasteiger partial charge in [0.05, 0.1) is 17.1 Å². The van der Waals surface area contributed by atoms with Crippen molar-refractivity contribution in [2.45, 2.75) is 6.18 Å². The number of rotatable bonds is 4. The van der Waals surface area contributed by atoms with Crippen LogP contribution in [0, 0.1) is 0 Å². The highest BCUT2D eigenvalue weighted by molar-refractivity contribution is 6.31. The molecule has 26 heavy (non-hydrogen) atoms. The van der Waals surface area contributed by atoms with Gasteiger partial charge in [-0.3, -0.25) is 9.59 Å². The molecule has 0 atom stereocenters. The van der Waals surface area contributed by atoms with Crippen molar-refractivity contribution in [2.75, 3.05) is 18.9 Å². The average Bonchev–Trinajstić information content (AvgIpc) is 2.54. The lowest BCUT2D eigenvalue weighted by molar-refractivity contribution is -0.137. The van der Waals surface area contributed by atoms with Gasteiger partial charge in [-0.25, -0.2) is 0 Å². The number of anilines is 1. The maximum Gasteiger partial charge on any atom is 0.417 e. The van der Waals surface area contributed by atoms with Gasteiger partial charge in [-0.05, 0) is 36.4 Å². The van der Waals surface area contributed by atoms with Gasteiger partial charge in [-0.1, -0.05) is 29.3 Å². The van der Waals surface area contributed by atoms with Crippen LogP contribution < -0.4 is 5.32 Å². The Bertz CT molecular complexity index is 841. The van der Waals surface area contributed by atoms with Crippen molar-refractivity contribution in [3.05, 3.63) is 63.6 Å². The summed E-state index contributed by atoms with van der Waals surface area (Å²) < 4.78 is 38.5. The molecular weight excluding hydrogens is 392 g/mol. The lowest BCUT2D eigenvalue weighted by Gasteiger charge is -2.17. The van der Waals surface area contributed by atoms with Gasteiger partial charge >= 0.3 is 6.18 Å². The van der Waals surface area contributed by atoms with Crippen LogP contribution >= 0.6 is 23.2 Å². The molecule has 0 saturated heterocycles. The third-order valence-electron chi connectivity index (χ3n) is 3.35. The molecule has 0 unspecified atom stereocenters. The van der Waals surface area contributed by atoms with E-state index in [9.17, 15) is 22.8 Å². The summed E-state index contributed by atoms with van der Waals surface area (Å²) in [6, 6.07) is 9.21. The molecule has 0 aliphatic carbocycles. The van der Waals surface area contributed by atoms with Crippen LogP contribution in [0.4, 0.5) is 18.9 Å². The zero-order chi connectivity index (χ0) is 19.5. The smallest absolute Gasteiger partial charge is 0.332 e. The van der Waals surface area contributed by atoms with Gasteiger partial charge in [0.2, 0.25) is 5.91 Å². The summed E-state index contributed by atoms with van der Waals surface area (Å²) >= 11 is 11.3. The normalized spacial score (nSPS) is 11.2. The summed E-state index contributed by atoms with van der Waals surface area (Å²) in [5, 5.41) is 2.21. The number of nitrogens with one attached hydrogen (secondary N) is 1. The first kappa shape index (κ1) is 20.1. The monoisotopic (exact) mass is 404 g/mol. The summed E-state index contributed by atoms with van der Waals surface area (Å²) in [7, 11) is 1.39. The predicted octanol–water partition coefficient (Wildman–Crippen LogP) is 4.72. The summed E-state index contributed by atoms with van der Waals surface area (Å²) in [5.41, 5.74) is -0.839. The fourth-order valence-electron chi connectivity index (χ4n) is 2.15. The maximum atomic E-state index is 12.8. The van der Waals surface area contributed by atoms with Crippen LogP contribution in [0.3, 0.4) is 0 Å². The van der Waals surface area contributed by atoms with E-state index < -0.39 is 28.6 Å². The van der Waals surface area contributed by atoms with Crippen molar-refractivity contribution in [2.24, 2.45) is 0 Å². The minimum absolute atomic E-state index is 0.0738. The van der Waals surface area contributed by atoms with Gasteiger partial charge in [0.25, 0.3) is 5.91 Å². The number of carbonyl (C=O) groups is 2. The molecule has 2 amide bonds. The molecule has 4 nitrogen and oxygen atoms in total. The van der Waals surface area contributed by atoms with E-state index >= 15 is 0 Å². The Morgan fingerprint density at radius 1 is 1.12 bits per heavy atom. The van der Waals surface area contributed by atoms with Gasteiger partial charge in [0.15, 0.2) is 0 Å². The molecule has 0 spiro atoms. The number of halogens is 5. The number of hydrogen-bond acceptors (Lipinski definition) is 2. The Hall–Kier alpha value is -2.25. The molecule has 2 aromatic rings. The number of benzene rings is 2. The quantitative estimate of drug-likeness (QED) is 0.800. The molecule has 0 aliphatic heterocycles. The van der Waals surface area contributed by atoms with Gasteiger partial charge in [-0.2, -0.15) is 13.2 Å². The zero-order valence-corrected chi connectivity index (χ0v) is 14.9. The summed E-state index contributed by atoms with van der Waals surface area (Å²) in [4.78, 5) is 25.4. The van der Waals surface area contributed by atoms with Crippen LogP contribution in [0.5, 0.6) is 0 Å². The van der Waals surface area contributed by atoms with E-state index in [0.29, 0.717) is 10.6 Å². The van der Waals surface area contributed by atoms with Gasteiger partial charge in [0.1, 0.15) is 0 Å². The average molecular weight is 405 g/mol. The van der Waals surface area contributed by atoms with Crippen LogP contribution in [0.25, 0.3) is 0 Å².